The number of Topliss-reactive ketones (excluding diaryl/α,β-unsaturated/α-hetero) is 1. The quantitative estimate of drug-likeness (QED) is 0.725. The Bertz CT molecular complexity index is 590. The maximum absolute atomic E-state index is 12.2. The molecule has 1 aromatic rings. The molecule has 0 spiro atoms. The first-order valence-electron chi connectivity index (χ1n) is 9.73. The minimum absolute atomic E-state index is 0.0926. The van der Waals surface area contributed by atoms with E-state index in [1.807, 2.05) is 24.3 Å². The second-order valence-corrected chi connectivity index (χ2v) is 7.81. The number of rotatable bonds is 8. The van der Waals surface area contributed by atoms with Gasteiger partial charge < -0.3 is 10.2 Å². The van der Waals surface area contributed by atoms with E-state index < -0.39 is 0 Å². The van der Waals surface area contributed by atoms with E-state index in [0.29, 0.717) is 12.5 Å². The van der Waals surface area contributed by atoms with E-state index in [1.165, 1.54) is 0 Å². The Kier molecular flexibility index (Phi) is 7.64. The fraction of sp³-hybridized carbons (Fsp3) is 0.619. The fourth-order valence-electron chi connectivity index (χ4n) is 3.25. The molecule has 26 heavy (non-hydrogen) atoms. The lowest BCUT2D eigenvalue weighted by Gasteiger charge is -2.36. The lowest BCUT2D eigenvalue weighted by molar-refractivity contribution is -0.123. The molecule has 1 saturated heterocycles. The van der Waals surface area contributed by atoms with Crippen LogP contribution in [0.3, 0.4) is 0 Å². The molecule has 0 radical (unpaired) electrons. The largest absolute Gasteiger partial charge is 0.369 e. The van der Waals surface area contributed by atoms with Crippen LogP contribution in [0.25, 0.3) is 0 Å². The molecule has 1 aromatic carbocycles. The summed E-state index contributed by atoms with van der Waals surface area (Å²) in [5.41, 5.74) is 1.89. The summed E-state index contributed by atoms with van der Waals surface area (Å²) >= 11 is 0. The molecule has 0 bridgehead atoms. The van der Waals surface area contributed by atoms with Gasteiger partial charge in [-0.15, -0.1) is 0 Å². The predicted molar refractivity (Wildman–Crippen MR) is 107 cm³/mol. The number of anilines is 1. The third-order valence-electron chi connectivity index (χ3n) is 4.96. The Morgan fingerprint density at radius 2 is 1.62 bits per heavy atom. The van der Waals surface area contributed by atoms with Gasteiger partial charge >= 0.3 is 0 Å². The van der Waals surface area contributed by atoms with Crippen LogP contribution in [0.4, 0.5) is 5.69 Å². The third-order valence-corrected chi connectivity index (χ3v) is 4.96. The van der Waals surface area contributed by atoms with Gasteiger partial charge in [0.1, 0.15) is 0 Å². The van der Waals surface area contributed by atoms with Crippen LogP contribution in [0, 0.1) is 5.92 Å². The van der Waals surface area contributed by atoms with Crippen LogP contribution in [-0.4, -0.2) is 55.4 Å². The van der Waals surface area contributed by atoms with Gasteiger partial charge in [-0.05, 0) is 56.9 Å². The number of carbonyl (C=O) groups is 2. The van der Waals surface area contributed by atoms with Crippen LogP contribution in [-0.2, 0) is 4.79 Å². The molecule has 144 valence electrons. The monoisotopic (exact) mass is 359 g/mol. The molecule has 5 nitrogen and oxygen atoms in total. The fourth-order valence-corrected chi connectivity index (χ4v) is 3.25. The highest BCUT2D eigenvalue weighted by molar-refractivity contribution is 5.94. The second kappa shape index (κ2) is 9.72. The molecule has 1 N–H and O–H groups in total. The molecule has 5 heteroatoms. The molecule has 0 aliphatic carbocycles. The number of nitrogens with one attached hydrogen (secondary N) is 1. The Morgan fingerprint density at radius 1 is 1.00 bits per heavy atom. The minimum atomic E-state index is 0.0926. The number of nitrogens with zero attached hydrogens (tertiary/aromatic N) is 2. The number of hydrogen-bond donors (Lipinski definition) is 1. The number of carbonyl (C=O) groups excluding carboxylic acids is 2. The minimum Gasteiger partial charge on any atom is -0.369 e. The molecule has 1 heterocycles. The molecular weight excluding hydrogens is 326 g/mol. The Labute approximate surface area is 157 Å². The highest BCUT2D eigenvalue weighted by Gasteiger charge is 2.20. The van der Waals surface area contributed by atoms with Crippen molar-refractivity contribution in [2.45, 2.75) is 46.6 Å². The van der Waals surface area contributed by atoms with Crippen molar-refractivity contribution in [3.8, 4) is 0 Å². The Balaban J connectivity index is 1.74. The molecule has 1 atom stereocenters. The van der Waals surface area contributed by atoms with Crippen LogP contribution < -0.4 is 10.2 Å². The van der Waals surface area contributed by atoms with Gasteiger partial charge in [-0.2, -0.15) is 0 Å². The molecule has 1 amide bonds. The van der Waals surface area contributed by atoms with Crippen LogP contribution in [0.15, 0.2) is 24.3 Å². The lowest BCUT2D eigenvalue weighted by atomic mass is 10.0. The van der Waals surface area contributed by atoms with E-state index in [4.69, 9.17) is 0 Å². The average molecular weight is 360 g/mol. The van der Waals surface area contributed by atoms with Crippen molar-refractivity contribution in [3.05, 3.63) is 29.8 Å². The first-order valence-corrected chi connectivity index (χ1v) is 9.73. The van der Waals surface area contributed by atoms with Crippen molar-refractivity contribution in [1.82, 2.24) is 10.2 Å². The highest BCUT2D eigenvalue weighted by Crippen LogP contribution is 2.17. The number of piperazine rings is 1. The summed E-state index contributed by atoms with van der Waals surface area (Å²) in [7, 11) is 0. The van der Waals surface area contributed by atoms with Gasteiger partial charge in [-0.1, -0.05) is 13.8 Å². The molecule has 1 fully saturated rings. The van der Waals surface area contributed by atoms with Crippen molar-refractivity contribution < 1.29 is 9.59 Å². The van der Waals surface area contributed by atoms with Gasteiger partial charge in [0.15, 0.2) is 5.78 Å². The van der Waals surface area contributed by atoms with E-state index in [2.05, 4.69) is 35.9 Å². The molecule has 1 aliphatic rings. The number of hydrogen-bond acceptors (Lipinski definition) is 4. The zero-order chi connectivity index (χ0) is 19.1. The van der Waals surface area contributed by atoms with E-state index in [9.17, 15) is 9.59 Å². The zero-order valence-corrected chi connectivity index (χ0v) is 16.6. The summed E-state index contributed by atoms with van der Waals surface area (Å²) < 4.78 is 0. The highest BCUT2D eigenvalue weighted by atomic mass is 16.2. The summed E-state index contributed by atoms with van der Waals surface area (Å²) in [6.07, 6.45) is 2.18. The second-order valence-electron chi connectivity index (χ2n) is 7.81. The SMILES string of the molecule is CC(=O)c1ccc(N2CCN(CC(=O)N[C@@H](C)CCC(C)C)CC2)cc1. The van der Waals surface area contributed by atoms with Gasteiger partial charge in [0.2, 0.25) is 5.91 Å². The van der Waals surface area contributed by atoms with E-state index in [-0.39, 0.29) is 17.7 Å². The maximum atomic E-state index is 12.2. The molecule has 0 saturated carbocycles. The summed E-state index contributed by atoms with van der Waals surface area (Å²) in [5.74, 6) is 0.891. The first kappa shape index (κ1) is 20.4. The summed E-state index contributed by atoms with van der Waals surface area (Å²) in [4.78, 5) is 28.1. The van der Waals surface area contributed by atoms with Crippen LogP contribution in [0.5, 0.6) is 0 Å². The Morgan fingerprint density at radius 3 is 2.15 bits per heavy atom. The summed E-state index contributed by atoms with van der Waals surface area (Å²) in [6, 6.07) is 8.03. The van der Waals surface area contributed by atoms with Crippen molar-refractivity contribution in [2.75, 3.05) is 37.6 Å². The molecule has 1 aliphatic heterocycles. The molecule has 0 unspecified atom stereocenters. The van der Waals surface area contributed by atoms with Crippen molar-refractivity contribution >= 4 is 17.4 Å². The van der Waals surface area contributed by atoms with Gasteiger partial charge in [-0.25, -0.2) is 0 Å². The summed E-state index contributed by atoms with van der Waals surface area (Å²) in [5, 5.41) is 3.12. The summed E-state index contributed by atoms with van der Waals surface area (Å²) in [6.45, 7) is 12.1. The predicted octanol–water partition coefficient (Wildman–Crippen LogP) is 2.95. The van der Waals surface area contributed by atoms with Crippen LogP contribution in [0.2, 0.25) is 0 Å². The third kappa shape index (κ3) is 6.45. The number of ketones is 1. The average Bonchev–Trinajstić information content (AvgIpc) is 2.60. The topological polar surface area (TPSA) is 52.7 Å². The van der Waals surface area contributed by atoms with E-state index >= 15 is 0 Å². The van der Waals surface area contributed by atoms with Crippen LogP contribution >= 0.6 is 0 Å². The zero-order valence-electron chi connectivity index (χ0n) is 16.6. The lowest BCUT2D eigenvalue weighted by Crippen LogP contribution is -2.50. The van der Waals surface area contributed by atoms with E-state index in [0.717, 1.165) is 50.3 Å². The van der Waals surface area contributed by atoms with Crippen LogP contribution in [0.1, 0.15) is 50.9 Å². The van der Waals surface area contributed by atoms with Gasteiger partial charge in [0.05, 0.1) is 6.54 Å². The first-order chi connectivity index (χ1) is 12.3. The van der Waals surface area contributed by atoms with Crippen molar-refractivity contribution in [3.63, 3.8) is 0 Å². The Hall–Kier alpha value is -1.88. The maximum Gasteiger partial charge on any atom is 0.234 e. The number of amides is 1. The normalized spacial score (nSPS) is 16.6. The van der Waals surface area contributed by atoms with Crippen molar-refractivity contribution in [1.29, 1.82) is 0 Å². The smallest absolute Gasteiger partial charge is 0.234 e. The van der Waals surface area contributed by atoms with Gasteiger partial charge in [0, 0.05) is 43.5 Å². The number of benzene rings is 1. The molecule has 0 aromatic heterocycles. The van der Waals surface area contributed by atoms with Crippen molar-refractivity contribution in [2.24, 2.45) is 5.92 Å². The van der Waals surface area contributed by atoms with E-state index in [1.54, 1.807) is 6.92 Å². The van der Waals surface area contributed by atoms with Gasteiger partial charge in [0.25, 0.3) is 0 Å². The molecular formula is C21H33N3O2. The standard InChI is InChI=1S/C21H33N3O2/c1-16(2)5-6-17(3)22-21(26)15-23-11-13-24(14-12-23)20-9-7-19(8-10-20)18(4)25/h7-10,16-17H,5-6,11-15H2,1-4H3,(H,22,26)/t17-/m0/s1. The molecule has 2 rings (SSSR count). The van der Waals surface area contributed by atoms with Gasteiger partial charge in [-0.3, -0.25) is 14.5 Å².